The van der Waals surface area contributed by atoms with Gasteiger partial charge in [0, 0.05) is 44.8 Å². The molecule has 3 unspecified atom stereocenters. The molecule has 0 spiro atoms. The lowest BCUT2D eigenvalue weighted by molar-refractivity contribution is 0.134. The van der Waals surface area contributed by atoms with Gasteiger partial charge in [-0.25, -0.2) is 0 Å². The van der Waals surface area contributed by atoms with Crippen molar-refractivity contribution in [2.45, 2.75) is 57.3 Å². The Labute approximate surface area is 165 Å². The van der Waals surface area contributed by atoms with Crippen molar-refractivity contribution in [2.24, 2.45) is 10.9 Å². The van der Waals surface area contributed by atoms with E-state index in [4.69, 9.17) is 0 Å². The van der Waals surface area contributed by atoms with Crippen LogP contribution in [-0.4, -0.2) is 68.1 Å². The average molecular weight is 372 g/mol. The fourth-order valence-electron chi connectivity index (χ4n) is 4.25. The van der Waals surface area contributed by atoms with Crippen molar-refractivity contribution in [1.29, 1.82) is 0 Å². The zero-order valence-electron chi connectivity index (χ0n) is 17.5. The van der Waals surface area contributed by atoms with E-state index in [9.17, 15) is 0 Å². The minimum Gasteiger partial charge on any atom is -0.355 e. The van der Waals surface area contributed by atoms with Crippen LogP contribution >= 0.6 is 0 Å². The molecule has 0 bridgehead atoms. The summed E-state index contributed by atoms with van der Waals surface area (Å²) in [6, 6.07) is 12.5. The summed E-state index contributed by atoms with van der Waals surface area (Å²) in [6.45, 7) is 5.50. The topological polar surface area (TPSA) is 42.9 Å². The summed E-state index contributed by atoms with van der Waals surface area (Å²) in [5.74, 6) is 1.81. The molecule has 0 amide bonds. The first kappa shape index (κ1) is 20.2. The monoisotopic (exact) mass is 371 g/mol. The Morgan fingerprint density at radius 2 is 1.96 bits per heavy atom. The van der Waals surface area contributed by atoms with Gasteiger partial charge in [0.15, 0.2) is 5.96 Å². The molecule has 0 aromatic heterocycles. The van der Waals surface area contributed by atoms with Crippen molar-refractivity contribution in [1.82, 2.24) is 20.4 Å². The number of benzene rings is 1. The largest absolute Gasteiger partial charge is 0.355 e. The summed E-state index contributed by atoms with van der Waals surface area (Å²) in [5.41, 5.74) is 1.41. The van der Waals surface area contributed by atoms with Gasteiger partial charge in [-0.1, -0.05) is 30.3 Å². The van der Waals surface area contributed by atoms with Crippen molar-refractivity contribution in [3.05, 3.63) is 35.9 Å². The Balaban J connectivity index is 1.45. The molecule has 1 saturated heterocycles. The van der Waals surface area contributed by atoms with Crippen LogP contribution in [0.4, 0.5) is 0 Å². The Morgan fingerprint density at radius 1 is 1.22 bits per heavy atom. The number of likely N-dealkylation sites (tertiary alicyclic amines) is 1. The number of hydrogen-bond acceptors (Lipinski definition) is 3. The molecule has 3 atom stereocenters. The zero-order valence-corrected chi connectivity index (χ0v) is 17.5. The Bertz CT molecular complexity index is 594. The van der Waals surface area contributed by atoms with E-state index >= 15 is 0 Å². The molecule has 2 fully saturated rings. The molecule has 1 saturated carbocycles. The highest BCUT2D eigenvalue weighted by Crippen LogP contribution is 2.34. The number of hydrogen-bond donors (Lipinski definition) is 2. The van der Waals surface area contributed by atoms with Crippen LogP contribution in [0.25, 0.3) is 0 Å². The highest BCUT2D eigenvalue weighted by Gasteiger charge is 2.32. The molecule has 1 aromatic rings. The first-order valence-electron chi connectivity index (χ1n) is 10.5. The third-order valence-corrected chi connectivity index (χ3v) is 6.11. The standard InChI is InChI=1S/C22H37N5/c1-17-14-20(12-13-27(17)16-18-8-6-5-7-9-18)25-22(23-2)24-15-21(26(3)4)19-10-11-19/h5-9,17,19-21H,10-16H2,1-4H3,(H2,23,24,25). The normalized spacial score (nSPS) is 25.4. The second kappa shape index (κ2) is 9.56. The molecule has 5 heteroatoms. The predicted molar refractivity (Wildman–Crippen MR) is 114 cm³/mol. The molecule has 0 radical (unpaired) electrons. The molecular formula is C22H37N5. The number of nitrogens with zero attached hydrogens (tertiary/aromatic N) is 3. The quantitative estimate of drug-likeness (QED) is 0.571. The highest BCUT2D eigenvalue weighted by atomic mass is 15.2. The molecule has 1 heterocycles. The minimum atomic E-state index is 0.497. The van der Waals surface area contributed by atoms with Crippen molar-refractivity contribution < 1.29 is 0 Å². The maximum Gasteiger partial charge on any atom is 0.191 e. The first-order valence-corrected chi connectivity index (χ1v) is 10.5. The molecule has 1 aliphatic carbocycles. The smallest absolute Gasteiger partial charge is 0.191 e. The molecule has 1 aliphatic heterocycles. The second-order valence-corrected chi connectivity index (χ2v) is 8.49. The van der Waals surface area contributed by atoms with E-state index in [1.54, 1.807) is 0 Å². The summed E-state index contributed by atoms with van der Waals surface area (Å²) in [4.78, 5) is 9.41. The van der Waals surface area contributed by atoms with Gasteiger partial charge < -0.3 is 15.5 Å². The van der Waals surface area contributed by atoms with Crippen LogP contribution in [0.15, 0.2) is 35.3 Å². The van der Waals surface area contributed by atoms with Crippen LogP contribution in [0.2, 0.25) is 0 Å². The van der Waals surface area contributed by atoms with Gasteiger partial charge in [0.2, 0.25) is 0 Å². The van der Waals surface area contributed by atoms with E-state index in [0.29, 0.717) is 18.1 Å². The Morgan fingerprint density at radius 3 is 2.56 bits per heavy atom. The van der Waals surface area contributed by atoms with Gasteiger partial charge in [-0.2, -0.15) is 0 Å². The molecule has 3 rings (SSSR count). The van der Waals surface area contributed by atoms with Gasteiger partial charge in [-0.15, -0.1) is 0 Å². The van der Waals surface area contributed by atoms with Crippen LogP contribution in [-0.2, 0) is 6.54 Å². The van der Waals surface area contributed by atoms with Crippen LogP contribution in [0.3, 0.4) is 0 Å². The van der Waals surface area contributed by atoms with Gasteiger partial charge in [-0.3, -0.25) is 9.89 Å². The van der Waals surface area contributed by atoms with E-state index in [1.165, 1.54) is 18.4 Å². The van der Waals surface area contributed by atoms with E-state index in [1.807, 2.05) is 7.05 Å². The zero-order chi connectivity index (χ0) is 19.2. The lowest BCUT2D eigenvalue weighted by Crippen LogP contribution is -2.53. The molecule has 5 nitrogen and oxygen atoms in total. The summed E-state index contributed by atoms with van der Waals surface area (Å²) in [5, 5.41) is 7.24. The maximum absolute atomic E-state index is 4.47. The van der Waals surface area contributed by atoms with Gasteiger partial charge in [0.05, 0.1) is 0 Å². The number of aliphatic imine (C=N–C) groups is 1. The lowest BCUT2D eigenvalue weighted by atomic mass is 9.97. The molecule has 27 heavy (non-hydrogen) atoms. The number of piperidine rings is 1. The van der Waals surface area contributed by atoms with Crippen LogP contribution in [0, 0.1) is 5.92 Å². The molecular weight excluding hydrogens is 334 g/mol. The molecule has 1 aromatic carbocycles. The minimum absolute atomic E-state index is 0.497. The van der Waals surface area contributed by atoms with Gasteiger partial charge >= 0.3 is 0 Å². The van der Waals surface area contributed by atoms with Gasteiger partial charge in [0.1, 0.15) is 0 Å². The number of nitrogens with one attached hydrogen (secondary N) is 2. The summed E-state index contributed by atoms with van der Waals surface area (Å²) < 4.78 is 0. The summed E-state index contributed by atoms with van der Waals surface area (Å²) >= 11 is 0. The van der Waals surface area contributed by atoms with Crippen molar-refractivity contribution in [3.8, 4) is 0 Å². The fourth-order valence-corrected chi connectivity index (χ4v) is 4.25. The van der Waals surface area contributed by atoms with Crippen LogP contribution < -0.4 is 10.6 Å². The molecule has 2 aliphatic rings. The third-order valence-electron chi connectivity index (χ3n) is 6.11. The fraction of sp³-hybridized carbons (Fsp3) is 0.682. The first-order chi connectivity index (χ1) is 13.1. The lowest BCUT2D eigenvalue weighted by Gasteiger charge is -2.38. The van der Waals surface area contributed by atoms with E-state index < -0.39 is 0 Å². The molecule has 150 valence electrons. The van der Waals surface area contributed by atoms with Crippen LogP contribution in [0.5, 0.6) is 0 Å². The van der Waals surface area contributed by atoms with Crippen molar-refractivity contribution in [2.75, 3.05) is 34.2 Å². The SMILES string of the molecule is CN=C(NCC(C1CC1)N(C)C)NC1CCN(Cc2ccccc2)C(C)C1. The predicted octanol–water partition coefficient (Wildman–Crippen LogP) is 2.54. The molecule has 2 N–H and O–H groups in total. The number of likely N-dealkylation sites (N-methyl/N-ethyl adjacent to an activating group) is 1. The second-order valence-electron chi connectivity index (χ2n) is 8.49. The Kier molecular flexibility index (Phi) is 7.13. The average Bonchev–Trinajstić information content (AvgIpc) is 3.49. The van der Waals surface area contributed by atoms with Gasteiger partial charge in [0.25, 0.3) is 0 Å². The van der Waals surface area contributed by atoms with E-state index in [0.717, 1.165) is 44.4 Å². The van der Waals surface area contributed by atoms with Crippen molar-refractivity contribution >= 4 is 5.96 Å². The summed E-state index contributed by atoms with van der Waals surface area (Å²) in [6.07, 6.45) is 5.06. The maximum atomic E-state index is 4.47. The van der Waals surface area contributed by atoms with Gasteiger partial charge in [-0.05, 0) is 58.2 Å². The van der Waals surface area contributed by atoms with E-state index in [2.05, 4.69) is 76.8 Å². The number of guanidine groups is 1. The van der Waals surface area contributed by atoms with Crippen LogP contribution in [0.1, 0.15) is 38.2 Å². The highest BCUT2D eigenvalue weighted by molar-refractivity contribution is 5.80. The third kappa shape index (κ3) is 5.94. The van der Waals surface area contributed by atoms with Crippen molar-refractivity contribution in [3.63, 3.8) is 0 Å². The summed E-state index contributed by atoms with van der Waals surface area (Å²) in [7, 11) is 6.25. The van der Waals surface area contributed by atoms with E-state index in [-0.39, 0.29) is 0 Å². The Hall–Kier alpha value is -1.59. The number of rotatable bonds is 7.